The van der Waals surface area contributed by atoms with E-state index < -0.39 is 17.1 Å². The average molecular weight is 301 g/mol. The van der Waals surface area contributed by atoms with Crippen LogP contribution in [0.15, 0.2) is 0 Å². The van der Waals surface area contributed by atoms with Gasteiger partial charge in [0.1, 0.15) is 12.2 Å². The van der Waals surface area contributed by atoms with Crippen LogP contribution < -0.4 is 5.32 Å². The molecule has 0 aromatic rings. The smallest absolute Gasteiger partial charge is 0.407 e. The molecule has 0 saturated carbocycles. The fourth-order valence-corrected chi connectivity index (χ4v) is 1.80. The van der Waals surface area contributed by atoms with Crippen molar-refractivity contribution in [3.63, 3.8) is 0 Å². The lowest BCUT2D eigenvalue weighted by molar-refractivity contribution is -0.154. The molecule has 1 amide bonds. The summed E-state index contributed by atoms with van der Waals surface area (Å²) in [6.45, 7) is 9.12. The first-order valence-electron chi connectivity index (χ1n) is 7.51. The van der Waals surface area contributed by atoms with Crippen molar-refractivity contribution in [3.05, 3.63) is 0 Å². The first-order valence-corrected chi connectivity index (χ1v) is 7.51. The van der Waals surface area contributed by atoms with E-state index in [4.69, 9.17) is 14.2 Å². The Morgan fingerprint density at radius 1 is 1.29 bits per heavy atom. The van der Waals surface area contributed by atoms with E-state index in [1.165, 1.54) is 0 Å². The second kappa shape index (κ2) is 7.64. The molecule has 1 aliphatic rings. The van der Waals surface area contributed by atoms with Crippen molar-refractivity contribution in [1.82, 2.24) is 5.32 Å². The van der Waals surface area contributed by atoms with E-state index in [0.29, 0.717) is 32.5 Å². The summed E-state index contributed by atoms with van der Waals surface area (Å²) >= 11 is 0. The Hall–Kier alpha value is -1.30. The third-order valence-corrected chi connectivity index (χ3v) is 3.93. The van der Waals surface area contributed by atoms with Gasteiger partial charge >= 0.3 is 12.1 Å². The third-order valence-electron chi connectivity index (χ3n) is 3.93. The van der Waals surface area contributed by atoms with Crippen LogP contribution in [0.3, 0.4) is 0 Å². The highest BCUT2D eigenvalue weighted by molar-refractivity contribution is 5.75. The summed E-state index contributed by atoms with van der Waals surface area (Å²) in [4.78, 5) is 23.4. The van der Waals surface area contributed by atoms with Gasteiger partial charge in [0.05, 0.1) is 25.2 Å². The zero-order chi connectivity index (χ0) is 15.9. The van der Waals surface area contributed by atoms with Gasteiger partial charge in [0.25, 0.3) is 0 Å². The molecule has 0 aromatic carbocycles. The van der Waals surface area contributed by atoms with Crippen molar-refractivity contribution in [2.75, 3.05) is 26.4 Å². The Bertz CT molecular complexity index is 361. The normalized spacial score (nSPS) is 17.9. The zero-order valence-electron chi connectivity index (χ0n) is 13.5. The van der Waals surface area contributed by atoms with Gasteiger partial charge in [-0.3, -0.25) is 4.79 Å². The zero-order valence-corrected chi connectivity index (χ0v) is 13.5. The van der Waals surface area contributed by atoms with Crippen molar-refractivity contribution < 1.29 is 23.8 Å². The van der Waals surface area contributed by atoms with Gasteiger partial charge in [0.15, 0.2) is 0 Å². The van der Waals surface area contributed by atoms with Gasteiger partial charge in [0.2, 0.25) is 0 Å². The number of nitrogens with one attached hydrogen (secondary N) is 1. The molecule has 0 atom stereocenters. The number of esters is 1. The maximum Gasteiger partial charge on any atom is 0.407 e. The van der Waals surface area contributed by atoms with Gasteiger partial charge in [-0.2, -0.15) is 0 Å². The average Bonchev–Trinajstić information content (AvgIpc) is 2.43. The summed E-state index contributed by atoms with van der Waals surface area (Å²) in [5.74, 6) is -0.253. The lowest BCUT2D eigenvalue weighted by Gasteiger charge is -2.32. The lowest BCUT2D eigenvalue weighted by Crippen LogP contribution is -2.42. The van der Waals surface area contributed by atoms with E-state index in [-0.39, 0.29) is 19.1 Å². The largest absolute Gasteiger partial charge is 0.463 e. The van der Waals surface area contributed by atoms with Gasteiger partial charge in [-0.15, -0.1) is 0 Å². The highest BCUT2D eigenvalue weighted by Crippen LogP contribution is 2.24. The molecule has 0 bridgehead atoms. The molecule has 1 saturated heterocycles. The number of carbonyl (C=O) groups excluding carboxylic acids is 2. The predicted molar refractivity (Wildman–Crippen MR) is 78.0 cm³/mol. The van der Waals surface area contributed by atoms with Crippen LogP contribution >= 0.6 is 0 Å². The molecule has 0 unspecified atom stereocenters. The van der Waals surface area contributed by atoms with Crippen molar-refractivity contribution in [3.8, 4) is 0 Å². The number of alkyl carbamates (subject to hydrolysis) is 1. The van der Waals surface area contributed by atoms with E-state index in [9.17, 15) is 9.59 Å². The number of ether oxygens (including phenoxy) is 3. The summed E-state index contributed by atoms with van der Waals surface area (Å²) in [6.07, 6.45) is 1.62. The summed E-state index contributed by atoms with van der Waals surface area (Å²) in [6, 6.07) is 0. The summed E-state index contributed by atoms with van der Waals surface area (Å²) in [5.41, 5.74) is -0.959. The Labute approximate surface area is 126 Å². The van der Waals surface area contributed by atoms with E-state index in [2.05, 4.69) is 5.32 Å². The lowest BCUT2D eigenvalue weighted by atomic mass is 9.91. The molecule has 21 heavy (non-hydrogen) atoms. The quantitative estimate of drug-likeness (QED) is 0.601. The number of carbonyl (C=O) groups is 2. The molecule has 0 aliphatic carbocycles. The van der Waals surface area contributed by atoms with E-state index in [0.717, 1.165) is 0 Å². The highest BCUT2D eigenvalue weighted by Gasteiger charge is 2.31. The number of hydrogen-bond donors (Lipinski definition) is 1. The van der Waals surface area contributed by atoms with Crippen LogP contribution in [0.5, 0.6) is 0 Å². The number of rotatable bonds is 6. The Morgan fingerprint density at radius 3 is 2.48 bits per heavy atom. The van der Waals surface area contributed by atoms with Gasteiger partial charge in [0, 0.05) is 12.8 Å². The van der Waals surface area contributed by atoms with Crippen LogP contribution in [0, 0.1) is 5.41 Å². The van der Waals surface area contributed by atoms with Crippen LogP contribution in [0.1, 0.15) is 47.0 Å². The second-order valence-corrected chi connectivity index (χ2v) is 6.25. The molecule has 6 nitrogen and oxygen atoms in total. The molecular formula is C15H27NO5. The maximum absolute atomic E-state index is 11.7. The SMILES string of the molecule is CCC(C)(C)C(=O)OCCNC(=O)OC1(C)CCOCC1. The number of hydrogen-bond acceptors (Lipinski definition) is 5. The molecule has 1 heterocycles. The molecule has 1 fully saturated rings. The Balaban J connectivity index is 2.20. The van der Waals surface area contributed by atoms with Gasteiger partial charge in [-0.25, -0.2) is 4.79 Å². The van der Waals surface area contributed by atoms with E-state index in [1.54, 1.807) is 0 Å². The molecule has 0 radical (unpaired) electrons. The second-order valence-electron chi connectivity index (χ2n) is 6.25. The molecular weight excluding hydrogens is 274 g/mol. The minimum atomic E-state index is -0.490. The minimum Gasteiger partial charge on any atom is -0.463 e. The summed E-state index contributed by atoms with van der Waals surface area (Å²) in [7, 11) is 0. The molecule has 1 N–H and O–H groups in total. The fourth-order valence-electron chi connectivity index (χ4n) is 1.80. The minimum absolute atomic E-state index is 0.150. The maximum atomic E-state index is 11.7. The molecule has 1 rings (SSSR count). The topological polar surface area (TPSA) is 73.9 Å². The number of amides is 1. The molecule has 1 aliphatic heterocycles. The Kier molecular flexibility index (Phi) is 6.45. The monoisotopic (exact) mass is 301 g/mol. The third kappa shape index (κ3) is 5.91. The molecule has 0 spiro atoms. The van der Waals surface area contributed by atoms with Gasteiger partial charge < -0.3 is 19.5 Å². The molecule has 6 heteroatoms. The first kappa shape index (κ1) is 17.8. The first-order chi connectivity index (χ1) is 9.79. The van der Waals surface area contributed by atoms with E-state index in [1.807, 2.05) is 27.7 Å². The van der Waals surface area contributed by atoms with Crippen molar-refractivity contribution in [2.45, 2.75) is 52.6 Å². The molecule has 122 valence electrons. The summed E-state index contributed by atoms with van der Waals surface area (Å²) in [5, 5.41) is 2.60. The van der Waals surface area contributed by atoms with E-state index >= 15 is 0 Å². The van der Waals surface area contributed by atoms with Crippen LogP contribution in [-0.4, -0.2) is 44.0 Å². The van der Waals surface area contributed by atoms with Crippen molar-refractivity contribution in [2.24, 2.45) is 5.41 Å². The van der Waals surface area contributed by atoms with Crippen LogP contribution in [0.4, 0.5) is 4.79 Å². The molecule has 0 aromatic heterocycles. The standard InChI is InChI=1S/C15H27NO5/c1-5-14(2,3)12(17)20-11-8-16-13(18)21-15(4)6-9-19-10-7-15/h5-11H2,1-4H3,(H,16,18). The Morgan fingerprint density at radius 2 is 1.90 bits per heavy atom. The summed E-state index contributed by atoms with van der Waals surface area (Å²) < 4.78 is 15.8. The van der Waals surface area contributed by atoms with Crippen LogP contribution in [-0.2, 0) is 19.0 Å². The van der Waals surface area contributed by atoms with Crippen molar-refractivity contribution >= 4 is 12.1 Å². The van der Waals surface area contributed by atoms with Gasteiger partial charge in [-0.05, 0) is 27.2 Å². The highest BCUT2D eigenvalue weighted by atomic mass is 16.6. The van der Waals surface area contributed by atoms with Crippen LogP contribution in [0.2, 0.25) is 0 Å². The van der Waals surface area contributed by atoms with Crippen molar-refractivity contribution in [1.29, 1.82) is 0 Å². The van der Waals surface area contributed by atoms with Crippen LogP contribution in [0.25, 0.3) is 0 Å². The van der Waals surface area contributed by atoms with Gasteiger partial charge in [-0.1, -0.05) is 6.92 Å². The predicted octanol–water partition coefficient (Wildman–Crippen LogP) is 2.26. The fraction of sp³-hybridized carbons (Fsp3) is 0.867.